The number of benzene rings is 2. The largest absolute Gasteiger partial charge is 0.487 e. The van der Waals surface area contributed by atoms with Gasteiger partial charge in [-0.15, -0.1) is 24.8 Å². The van der Waals surface area contributed by atoms with Crippen molar-refractivity contribution in [2.75, 3.05) is 20.1 Å². The van der Waals surface area contributed by atoms with Crippen LogP contribution in [0.25, 0.3) is 0 Å². The van der Waals surface area contributed by atoms with Crippen LogP contribution in [0, 0.1) is 0 Å². The quantitative estimate of drug-likeness (QED) is 0.440. The van der Waals surface area contributed by atoms with Gasteiger partial charge in [0.05, 0.1) is 10.6 Å². The van der Waals surface area contributed by atoms with Crippen molar-refractivity contribution in [3.05, 3.63) is 64.7 Å². The number of rotatable bonds is 8. The first kappa shape index (κ1) is 28.2. The maximum Gasteiger partial charge on any atom is 0.138 e. The molecule has 0 bridgehead atoms. The Morgan fingerprint density at radius 2 is 1.85 bits per heavy atom. The van der Waals surface area contributed by atoms with Crippen molar-refractivity contribution >= 4 is 36.4 Å². The van der Waals surface area contributed by atoms with Crippen molar-refractivity contribution in [2.24, 2.45) is 0 Å². The van der Waals surface area contributed by atoms with Crippen LogP contribution in [0.1, 0.15) is 62.1 Å². The second-order valence-corrected chi connectivity index (χ2v) is 9.65. The summed E-state index contributed by atoms with van der Waals surface area (Å²) >= 11 is 6.66. The molecule has 2 N–H and O–H groups in total. The minimum absolute atomic E-state index is 0. The average molecular weight is 516 g/mol. The summed E-state index contributed by atoms with van der Waals surface area (Å²) in [7, 11) is 2.04. The van der Waals surface area contributed by atoms with Crippen LogP contribution < -0.4 is 10.1 Å². The highest BCUT2D eigenvalue weighted by atomic mass is 35.5. The maximum absolute atomic E-state index is 11.3. The summed E-state index contributed by atoms with van der Waals surface area (Å²) < 4.78 is 5.98. The molecule has 0 amide bonds. The van der Waals surface area contributed by atoms with Gasteiger partial charge in [-0.3, -0.25) is 4.90 Å². The fraction of sp³-hybridized carbons (Fsp3) is 0.538. The summed E-state index contributed by atoms with van der Waals surface area (Å²) in [5, 5.41) is 15.4. The Labute approximate surface area is 215 Å². The van der Waals surface area contributed by atoms with E-state index in [1.807, 2.05) is 37.4 Å². The molecule has 1 aliphatic carbocycles. The van der Waals surface area contributed by atoms with Crippen molar-refractivity contribution in [3.63, 3.8) is 0 Å². The molecule has 1 saturated carbocycles. The van der Waals surface area contributed by atoms with Gasteiger partial charge in [-0.25, -0.2) is 0 Å². The molecule has 33 heavy (non-hydrogen) atoms. The van der Waals surface area contributed by atoms with Crippen LogP contribution in [-0.4, -0.2) is 41.8 Å². The molecule has 0 aromatic heterocycles. The minimum Gasteiger partial charge on any atom is -0.487 e. The molecule has 0 spiro atoms. The topological polar surface area (TPSA) is 44.7 Å². The van der Waals surface area contributed by atoms with E-state index in [4.69, 9.17) is 16.3 Å². The molecule has 2 aromatic carbocycles. The van der Waals surface area contributed by atoms with E-state index in [9.17, 15) is 5.11 Å². The third-order valence-electron chi connectivity index (χ3n) is 7.00. The highest BCUT2D eigenvalue weighted by molar-refractivity contribution is 6.32. The van der Waals surface area contributed by atoms with Crippen molar-refractivity contribution in [1.82, 2.24) is 10.2 Å². The lowest BCUT2D eigenvalue weighted by molar-refractivity contribution is -0.0257. The summed E-state index contributed by atoms with van der Waals surface area (Å²) in [5.41, 5.74) is 1.72. The highest BCUT2D eigenvalue weighted by Gasteiger charge is 2.37. The van der Waals surface area contributed by atoms with Gasteiger partial charge in [-0.2, -0.15) is 0 Å². The summed E-state index contributed by atoms with van der Waals surface area (Å²) in [4.78, 5) is 2.52. The van der Waals surface area contributed by atoms with E-state index >= 15 is 0 Å². The molecule has 2 aromatic rings. The molecule has 2 atom stereocenters. The maximum atomic E-state index is 11.3. The van der Waals surface area contributed by atoms with Crippen LogP contribution in [0.15, 0.2) is 48.5 Å². The first-order valence-corrected chi connectivity index (χ1v) is 12.0. The molecule has 1 aliphatic heterocycles. The first-order valence-electron chi connectivity index (χ1n) is 11.7. The molecule has 184 valence electrons. The van der Waals surface area contributed by atoms with Gasteiger partial charge in [-0.05, 0) is 56.0 Å². The molecular weight excluding hydrogens is 479 g/mol. The molecule has 1 heterocycles. The molecule has 4 nitrogen and oxygen atoms in total. The van der Waals surface area contributed by atoms with Crippen LogP contribution in [0.2, 0.25) is 5.02 Å². The molecule has 2 fully saturated rings. The normalized spacial score (nSPS) is 21.0. The second-order valence-electron chi connectivity index (χ2n) is 9.24. The van der Waals surface area contributed by atoms with E-state index in [-0.39, 0.29) is 30.9 Å². The number of likely N-dealkylation sites (N-methyl/N-ethyl adjacent to an activating group) is 1. The van der Waals surface area contributed by atoms with Gasteiger partial charge in [-0.1, -0.05) is 67.3 Å². The number of aliphatic hydroxyl groups is 1. The Hall–Kier alpha value is -1.01. The van der Waals surface area contributed by atoms with Gasteiger partial charge in [0.2, 0.25) is 0 Å². The first-order chi connectivity index (χ1) is 15.1. The zero-order valence-corrected chi connectivity index (χ0v) is 21.7. The number of nitrogens with one attached hydrogen (secondary N) is 1. The van der Waals surface area contributed by atoms with E-state index < -0.39 is 5.60 Å². The van der Waals surface area contributed by atoms with E-state index in [0.29, 0.717) is 23.4 Å². The van der Waals surface area contributed by atoms with Crippen molar-refractivity contribution < 1.29 is 9.84 Å². The molecule has 0 radical (unpaired) electrons. The number of halogens is 3. The van der Waals surface area contributed by atoms with Gasteiger partial charge in [0, 0.05) is 25.2 Å². The van der Waals surface area contributed by atoms with Gasteiger partial charge < -0.3 is 15.2 Å². The number of likely N-dealkylation sites (tertiary alicyclic amines) is 1. The molecule has 2 aliphatic rings. The zero-order valence-electron chi connectivity index (χ0n) is 19.3. The van der Waals surface area contributed by atoms with E-state index in [2.05, 4.69) is 28.4 Å². The smallest absolute Gasteiger partial charge is 0.138 e. The predicted octanol–water partition coefficient (Wildman–Crippen LogP) is 6.18. The summed E-state index contributed by atoms with van der Waals surface area (Å²) in [5.74, 6) is 0.707. The lowest BCUT2D eigenvalue weighted by atomic mass is 9.79. The number of hydrogen-bond acceptors (Lipinski definition) is 4. The van der Waals surface area contributed by atoms with Gasteiger partial charge in [0.15, 0.2) is 0 Å². The summed E-state index contributed by atoms with van der Waals surface area (Å²) in [6.45, 7) is 2.54. The van der Waals surface area contributed by atoms with Crippen LogP contribution in [0.3, 0.4) is 0 Å². The fourth-order valence-electron chi connectivity index (χ4n) is 5.11. The number of hydrogen-bond donors (Lipinski definition) is 2. The Morgan fingerprint density at radius 1 is 1.12 bits per heavy atom. The third-order valence-corrected chi connectivity index (χ3v) is 7.30. The molecule has 4 rings (SSSR count). The SMILES string of the molecule is CN[C@H]1CCN(C(CC2(O)CCCCC2)c2ccc(OCc3ccccc3)c(Cl)c2)C1.Cl.Cl. The zero-order chi connectivity index (χ0) is 21.7. The minimum atomic E-state index is -0.574. The Balaban J connectivity index is 0.00000193. The van der Waals surface area contributed by atoms with Gasteiger partial charge in [0.1, 0.15) is 12.4 Å². The van der Waals surface area contributed by atoms with Crippen molar-refractivity contribution in [3.8, 4) is 5.75 Å². The van der Waals surface area contributed by atoms with Crippen LogP contribution in [0.4, 0.5) is 0 Å². The lowest BCUT2D eigenvalue weighted by Crippen LogP contribution is -2.39. The molecule has 7 heteroatoms. The average Bonchev–Trinajstić information content (AvgIpc) is 3.27. The monoisotopic (exact) mass is 514 g/mol. The lowest BCUT2D eigenvalue weighted by Gasteiger charge is -2.39. The Morgan fingerprint density at radius 3 is 2.48 bits per heavy atom. The van der Waals surface area contributed by atoms with E-state index in [1.54, 1.807) is 0 Å². The second kappa shape index (κ2) is 13.2. The summed E-state index contributed by atoms with van der Waals surface area (Å²) in [6, 6.07) is 17.0. The van der Waals surface area contributed by atoms with Gasteiger partial charge >= 0.3 is 0 Å². The molecule has 1 saturated heterocycles. The Bertz CT molecular complexity index is 847. The van der Waals surface area contributed by atoms with E-state index in [0.717, 1.165) is 57.2 Å². The predicted molar refractivity (Wildman–Crippen MR) is 141 cm³/mol. The third kappa shape index (κ3) is 7.48. The molecular formula is C26H37Cl3N2O2. The van der Waals surface area contributed by atoms with Gasteiger partial charge in [0.25, 0.3) is 0 Å². The summed E-state index contributed by atoms with van der Waals surface area (Å²) in [6.07, 6.45) is 7.18. The number of ether oxygens (including phenoxy) is 1. The van der Waals surface area contributed by atoms with Crippen LogP contribution in [-0.2, 0) is 6.61 Å². The highest BCUT2D eigenvalue weighted by Crippen LogP contribution is 2.41. The standard InChI is InChI=1S/C26H35ClN2O2.2ClH/c1-28-22-12-15-29(18-22)24(17-26(30)13-6-3-7-14-26)21-10-11-25(23(27)16-21)31-19-20-8-4-2-5-9-20;;/h2,4-5,8-11,16,22,24,28,30H,3,6-7,12-15,17-19H2,1H3;2*1H/t22-,24?;;/m0../s1. The van der Waals surface area contributed by atoms with E-state index in [1.165, 1.54) is 12.0 Å². The molecule has 1 unspecified atom stereocenters. The number of nitrogens with zero attached hydrogens (tertiary/aromatic N) is 1. The fourth-order valence-corrected chi connectivity index (χ4v) is 5.36. The van der Waals surface area contributed by atoms with Crippen molar-refractivity contribution in [1.29, 1.82) is 0 Å². The Kier molecular flexibility index (Phi) is 11.3. The van der Waals surface area contributed by atoms with Crippen LogP contribution in [0.5, 0.6) is 5.75 Å². The van der Waals surface area contributed by atoms with Crippen molar-refractivity contribution in [2.45, 2.75) is 69.2 Å². The van der Waals surface area contributed by atoms with Crippen LogP contribution >= 0.6 is 36.4 Å².